The van der Waals surface area contributed by atoms with E-state index in [1.54, 1.807) is 0 Å². The van der Waals surface area contributed by atoms with Gasteiger partial charge >= 0.3 is 0 Å². The summed E-state index contributed by atoms with van der Waals surface area (Å²) in [5.74, 6) is 0. The fourth-order valence-electron chi connectivity index (χ4n) is 11.4. The summed E-state index contributed by atoms with van der Waals surface area (Å²) in [5, 5.41) is 2.61. The van der Waals surface area contributed by atoms with E-state index in [4.69, 9.17) is 0 Å². The molecule has 1 saturated carbocycles. The fourth-order valence-corrected chi connectivity index (χ4v) is 11.4. The smallest absolute Gasteiger partial charge is 0.0623 e. The molecule has 1 aliphatic heterocycles. The molecule has 288 valence electrons. The third kappa shape index (κ3) is 5.03. The van der Waals surface area contributed by atoms with Crippen LogP contribution in [0.2, 0.25) is 0 Å². The van der Waals surface area contributed by atoms with Gasteiger partial charge in [-0.05, 0) is 111 Å². The van der Waals surface area contributed by atoms with E-state index in [0.717, 1.165) is 17.1 Å². The van der Waals surface area contributed by atoms with Crippen LogP contribution in [-0.4, -0.2) is 4.57 Å². The van der Waals surface area contributed by atoms with Crippen molar-refractivity contribution in [3.8, 4) is 61.3 Å². The molecule has 0 amide bonds. The van der Waals surface area contributed by atoms with Gasteiger partial charge in [-0.2, -0.15) is 0 Å². The molecule has 0 N–H and O–H groups in total. The highest BCUT2D eigenvalue weighted by Gasteiger charge is 2.47. The Kier molecular flexibility index (Phi) is 7.51. The topological polar surface area (TPSA) is 8.17 Å². The summed E-state index contributed by atoms with van der Waals surface area (Å²) < 4.78 is 2.62. The van der Waals surface area contributed by atoms with Gasteiger partial charge in [0.25, 0.3) is 0 Å². The van der Waals surface area contributed by atoms with Gasteiger partial charge in [0.05, 0.1) is 16.7 Å². The average Bonchev–Trinajstić information content (AvgIpc) is 4.01. The van der Waals surface area contributed by atoms with Gasteiger partial charge in [0.15, 0.2) is 0 Å². The molecule has 0 atom stereocenters. The Bertz CT molecular complexity index is 3330. The van der Waals surface area contributed by atoms with Gasteiger partial charge in [-0.3, -0.25) is 0 Å². The maximum atomic E-state index is 2.62. The number of fused-ring (bicyclic) bond motifs is 8. The minimum atomic E-state index is 0.0959. The second-order valence-electron chi connectivity index (χ2n) is 17.2. The number of nitrogens with zero attached hydrogens (tertiary/aromatic N) is 2. The summed E-state index contributed by atoms with van der Waals surface area (Å²) in [6.45, 7) is 0. The second kappa shape index (κ2) is 13.3. The molecule has 0 saturated heterocycles. The number of hydrogen-bond acceptors (Lipinski definition) is 1. The zero-order valence-corrected chi connectivity index (χ0v) is 33.9. The first-order valence-corrected chi connectivity index (χ1v) is 21.8. The van der Waals surface area contributed by atoms with E-state index in [-0.39, 0.29) is 5.41 Å². The lowest BCUT2D eigenvalue weighted by Crippen LogP contribution is -2.20. The molecule has 2 heterocycles. The molecule has 61 heavy (non-hydrogen) atoms. The van der Waals surface area contributed by atoms with Crippen LogP contribution in [0.3, 0.4) is 0 Å². The SMILES string of the molecule is c1ccc(-c2ccc(N(c3ccc(-c4ccccc4)c(-c4ccccc4)c3)c3ccc4c5ccc6c7c5n(c4c3)-c3ccccc3-c3cccc(c3-7)C63CCCC3)cc2)cc1. The molecule has 0 radical (unpaired) electrons. The molecule has 13 rings (SSSR count). The Labute approximate surface area is 356 Å². The first-order valence-electron chi connectivity index (χ1n) is 21.8. The molecule has 9 aromatic carbocycles. The highest BCUT2D eigenvalue weighted by atomic mass is 15.1. The molecule has 2 nitrogen and oxygen atoms in total. The summed E-state index contributed by atoms with van der Waals surface area (Å²) in [4.78, 5) is 2.45. The number of benzene rings is 9. The number of anilines is 3. The minimum Gasteiger partial charge on any atom is -0.310 e. The highest BCUT2D eigenvalue weighted by molar-refractivity contribution is 6.19. The Morgan fingerprint density at radius 1 is 0.377 bits per heavy atom. The zero-order valence-electron chi connectivity index (χ0n) is 33.9. The van der Waals surface area contributed by atoms with Crippen molar-refractivity contribution >= 4 is 38.9 Å². The number of aromatic nitrogens is 1. The van der Waals surface area contributed by atoms with Crippen molar-refractivity contribution in [1.29, 1.82) is 0 Å². The van der Waals surface area contributed by atoms with Crippen LogP contribution in [0.5, 0.6) is 0 Å². The van der Waals surface area contributed by atoms with Crippen LogP contribution in [0, 0.1) is 0 Å². The van der Waals surface area contributed by atoms with Crippen LogP contribution >= 0.6 is 0 Å². The van der Waals surface area contributed by atoms with Crippen LogP contribution in [0.1, 0.15) is 36.8 Å². The highest BCUT2D eigenvalue weighted by Crippen LogP contribution is 2.62. The first-order chi connectivity index (χ1) is 30.2. The van der Waals surface area contributed by atoms with Crippen molar-refractivity contribution in [2.45, 2.75) is 31.1 Å². The minimum absolute atomic E-state index is 0.0959. The predicted molar refractivity (Wildman–Crippen MR) is 255 cm³/mol. The number of rotatable bonds is 6. The summed E-state index contributed by atoms with van der Waals surface area (Å²) in [7, 11) is 0. The van der Waals surface area contributed by atoms with Crippen molar-refractivity contribution in [3.63, 3.8) is 0 Å². The third-order valence-corrected chi connectivity index (χ3v) is 14.1. The molecule has 2 aliphatic carbocycles. The standard InChI is InChI=1S/C59H42N2/c1-4-15-39(16-5-1)40-25-27-43(28-26-40)60(44-29-31-46(41-17-6-2-7-18-41)51(37-44)42-19-8-3-9-20-42)45-30-32-48-50-33-34-53-57-56-49(22-14-23-52(56)59(53)35-12-13-36-59)47-21-10-11-24-54(47)61(58(50)57)55(48)38-45/h1-11,14-34,37-38H,12-13,35-36H2. The van der Waals surface area contributed by atoms with Crippen LogP contribution < -0.4 is 4.90 Å². The normalized spacial score (nSPS) is 14.1. The third-order valence-electron chi connectivity index (χ3n) is 14.1. The quantitative estimate of drug-likeness (QED) is 0.163. The first kappa shape index (κ1) is 34.4. The number of hydrogen-bond donors (Lipinski definition) is 0. The molecule has 3 aliphatic rings. The average molecular weight is 779 g/mol. The van der Waals surface area contributed by atoms with E-state index in [1.807, 2.05) is 0 Å². The Morgan fingerprint density at radius 3 is 1.70 bits per heavy atom. The predicted octanol–water partition coefficient (Wildman–Crippen LogP) is 16.1. The van der Waals surface area contributed by atoms with Gasteiger partial charge in [-0.25, -0.2) is 0 Å². The van der Waals surface area contributed by atoms with Gasteiger partial charge in [-0.1, -0.05) is 177 Å². The Balaban J connectivity index is 1.08. The van der Waals surface area contributed by atoms with Gasteiger partial charge in [0.2, 0.25) is 0 Å². The van der Waals surface area contributed by atoms with Crippen molar-refractivity contribution in [2.75, 3.05) is 4.90 Å². The monoisotopic (exact) mass is 778 g/mol. The molecule has 1 fully saturated rings. The van der Waals surface area contributed by atoms with Crippen molar-refractivity contribution in [1.82, 2.24) is 4.57 Å². The van der Waals surface area contributed by atoms with E-state index in [0.29, 0.717) is 0 Å². The maximum Gasteiger partial charge on any atom is 0.0623 e. The summed E-state index contributed by atoms with van der Waals surface area (Å²) in [5.41, 5.74) is 23.2. The van der Waals surface area contributed by atoms with Crippen LogP contribution in [-0.2, 0) is 5.41 Å². The lowest BCUT2D eigenvalue weighted by atomic mass is 9.76. The van der Waals surface area contributed by atoms with Gasteiger partial charge in [-0.15, -0.1) is 0 Å². The van der Waals surface area contributed by atoms with E-state index in [2.05, 4.69) is 216 Å². The van der Waals surface area contributed by atoms with Crippen LogP contribution in [0.25, 0.3) is 83.1 Å². The molecular formula is C59H42N2. The molecule has 0 bridgehead atoms. The molecule has 1 spiro atoms. The fraction of sp³-hybridized carbons (Fsp3) is 0.0847. The molecule has 10 aromatic rings. The lowest BCUT2D eigenvalue weighted by Gasteiger charge is -2.27. The van der Waals surface area contributed by atoms with Crippen molar-refractivity contribution < 1.29 is 0 Å². The second-order valence-corrected chi connectivity index (χ2v) is 17.2. The summed E-state index contributed by atoms with van der Waals surface area (Å²) in [6.07, 6.45) is 5.01. The van der Waals surface area contributed by atoms with Crippen LogP contribution in [0.4, 0.5) is 17.1 Å². The molecule has 2 heteroatoms. The molecule has 0 unspecified atom stereocenters. The number of para-hydroxylation sites is 1. The van der Waals surface area contributed by atoms with Gasteiger partial charge < -0.3 is 9.47 Å². The van der Waals surface area contributed by atoms with Crippen molar-refractivity contribution in [3.05, 3.63) is 217 Å². The Morgan fingerprint density at radius 2 is 0.951 bits per heavy atom. The van der Waals surface area contributed by atoms with Gasteiger partial charge in [0, 0.05) is 44.4 Å². The lowest BCUT2D eigenvalue weighted by molar-refractivity contribution is 0.550. The zero-order chi connectivity index (χ0) is 40.1. The van der Waals surface area contributed by atoms with Gasteiger partial charge in [0.1, 0.15) is 0 Å². The van der Waals surface area contributed by atoms with Crippen molar-refractivity contribution in [2.24, 2.45) is 0 Å². The van der Waals surface area contributed by atoms with E-state index >= 15 is 0 Å². The maximum absolute atomic E-state index is 2.62. The largest absolute Gasteiger partial charge is 0.310 e. The summed E-state index contributed by atoms with van der Waals surface area (Å²) >= 11 is 0. The molecule has 1 aromatic heterocycles. The molecular weight excluding hydrogens is 737 g/mol. The summed E-state index contributed by atoms with van der Waals surface area (Å²) in [6, 6.07) is 76.7. The van der Waals surface area contributed by atoms with E-state index in [9.17, 15) is 0 Å². The Hall–Kier alpha value is -7.42. The van der Waals surface area contributed by atoms with E-state index in [1.165, 1.54) is 120 Å². The van der Waals surface area contributed by atoms with E-state index < -0.39 is 0 Å². The van der Waals surface area contributed by atoms with Crippen LogP contribution in [0.15, 0.2) is 206 Å².